The van der Waals surface area contributed by atoms with Crippen LogP contribution in [0, 0.1) is 17.5 Å². The van der Waals surface area contributed by atoms with Gasteiger partial charge in [0.05, 0.1) is 25.3 Å². The van der Waals surface area contributed by atoms with Crippen LogP contribution in [0.25, 0.3) is 0 Å². The molecular formula is C22H20F3NO3. The Balaban J connectivity index is 1.47. The summed E-state index contributed by atoms with van der Waals surface area (Å²) in [7, 11) is 0. The number of morpholine rings is 1. The lowest BCUT2D eigenvalue weighted by molar-refractivity contribution is -0.0374. The van der Waals surface area contributed by atoms with Crippen molar-refractivity contribution < 1.29 is 27.4 Å². The minimum Gasteiger partial charge on any atom is -0.445 e. The zero-order chi connectivity index (χ0) is 20.4. The van der Waals surface area contributed by atoms with Crippen LogP contribution in [0.4, 0.5) is 18.0 Å². The molecule has 2 bridgehead atoms. The van der Waals surface area contributed by atoms with E-state index in [0.29, 0.717) is 25.7 Å². The highest BCUT2D eigenvalue weighted by molar-refractivity contribution is 5.69. The topological polar surface area (TPSA) is 38.8 Å². The largest absolute Gasteiger partial charge is 0.445 e. The van der Waals surface area contributed by atoms with Crippen molar-refractivity contribution in [1.29, 1.82) is 0 Å². The molecule has 0 aromatic heterocycles. The maximum Gasteiger partial charge on any atom is 0.411 e. The molecule has 2 aromatic rings. The molecule has 2 aliphatic heterocycles. The molecule has 1 saturated heterocycles. The van der Waals surface area contributed by atoms with E-state index in [1.54, 1.807) is 4.90 Å². The van der Waals surface area contributed by atoms with Gasteiger partial charge in [-0.2, -0.15) is 0 Å². The maximum atomic E-state index is 14.0. The van der Waals surface area contributed by atoms with Gasteiger partial charge in [0.15, 0.2) is 11.6 Å². The number of hydrogen-bond acceptors (Lipinski definition) is 3. The zero-order valence-electron chi connectivity index (χ0n) is 15.6. The molecule has 29 heavy (non-hydrogen) atoms. The molecule has 0 radical (unpaired) electrons. The molecule has 7 heteroatoms. The number of ether oxygens (including phenoxy) is 2. The van der Waals surface area contributed by atoms with Crippen LogP contribution in [0.3, 0.4) is 0 Å². The Labute approximate surface area is 166 Å². The van der Waals surface area contributed by atoms with E-state index in [-0.39, 0.29) is 30.7 Å². The van der Waals surface area contributed by atoms with Crippen molar-refractivity contribution >= 4 is 6.09 Å². The zero-order valence-corrected chi connectivity index (χ0v) is 15.6. The minimum atomic E-state index is -1.21. The summed E-state index contributed by atoms with van der Waals surface area (Å²) in [6, 6.07) is 10.3. The van der Waals surface area contributed by atoms with Crippen LogP contribution in [0.15, 0.2) is 54.1 Å². The lowest BCUT2D eigenvalue weighted by Crippen LogP contribution is -2.56. The van der Waals surface area contributed by atoms with Crippen LogP contribution in [-0.2, 0) is 22.5 Å². The molecule has 0 aliphatic carbocycles. The lowest BCUT2D eigenvalue weighted by Gasteiger charge is -2.43. The number of benzene rings is 2. The molecule has 2 atom stereocenters. The van der Waals surface area contributed by atoms with Gasteiger partial charge in [0.2, 0.25) is 0 Å². The fourth-order valence-corrected chi connectivity index (χ4v) is 3.84. The molecule has 0 N–H and O–H groups in total. The predicted octanol–water partition coefficient (Wildman–Crippen LogP) is 4.38. The van der Waals surface area contributed by atoms with Crippen LogP contribution >= 0.6 is 0 Å². The van der Waals surface area contributed by atoms with Crippen molar-refractivity contribution in [3.05, 3.63) is 82.7 Å². The summed E-state index contributed by atoms with van der Waals surface area (Å²) in [4.78, 5) is 14.3. The van der Waals surface area contributed by atoms with Crippen LogP contribution in [0.5, 0.6) is 0 Å². The summed E-state index contributed by atoms with van der Waals surface area (Å²) in [6.45, 7) is 0.822. The molecule has 1 amide bonds. The van der Waals surface area contributed by atoms with Gasteiger partial charge >= 0.3 is 6.09 Å². The Morgan fingerprint density at radius 1 is 1.07 bits per heavy atom. The number of carbonyl (C=O) groups excluding carboxylic acids is 1. The highest BCUT2D eigenvalue weighted by Crippen LogP contribution is 2.30. The normalized spacial score (nSPS) is 20.9. The van der Waals surface area contributed by atoms with Gasteiger partial charge in [0.1, 0.15) is 12.4 Å². The second kappa shape index (κ2) is 8.29. The molecule has 0 saturated carbocycles. The van der Waals surface area contributed by atoms with Crippen molar-refractivity contribution in [2.75, 3.05) is 13.2 Å². The first kappa shape index (κ1) is 19.5. The summed E-state index contributed by atoms with van der Waals surface area (Å²) in [6.07, 6.45) is 2.01. The third-order valence-electron chi connectivity index (χ3n) is 5.20. The Morgan fingerprint density at radius 3 is 2.59 bits per heavy atom. The van der Waals surface area contributed by atoms with Crippen molar-refractivity contribution in [3.63, 3.8) is 0 Å². The Bertz CT molecular complexity index is 932. The van der Waals surface area contributed by atoms with Gasteiger partial charge in [0.25, 0.3) is 0 Å². The van der Waals surface area contributed by atoms with E-state index in [4.69, 9.17) is 9.47 Å². The van der Waals surface area contributed by atoms with Crippen LogP contribution in [-0.4, -0.2) is 36.3 Å². The van der Waals surface area contributed by atoms with E-state index in [1.807, 2.05) is 36.4 Å². The standard InChI is InChI=1S/C22H20F3NO3/c23-19-10-21(25)20(24)9-16(19)6-15-7-17-12-28-13-18(8-15)26(17)22(27)29-11-14-4-2-1-3-5-14/h1-5,7,9-10,17-18H,6,8,11-13H2. The van der Waals surface area contributed by atoms with Gasteiger partial charge in [0, 0.05) is 6.07 Å². The first-order valence-corrected chi connectivity index (χ1v) is 9.41. The number of halogens is 3. The molecule has 2 unspecified atom stereocenters. The van der Waals surface area contributed by atoms with Crippen LogP contribution in [0.1, 0.15) is 17.5 Å². The van der Waals surface area contributed by atoms with E-state index in [9.17, 15) is 18.0 Å². The summed E-state index contributed by atoms with van der Waals surface area (Å²) < 4.78 is 51.7. The number of nitrogens with zero attached hydrogens (tertiary/aromatic N) is 1. The molecule has 1 fully saturated rings. The fraction of sp³-hybridized carbons (Fsp3) is 0.318. The molecule has 0 spiro atoms. The first-order valence-electron chi connectivity index (χ1n) is 9.41. The Kier molecular flexibility index (Phi) is 5.58. The average Bonchev–Trinajstić information content (AvgIpc) is 2.70. The maximum absolute atomic E-state index is 14.0. The number of hydrogen-bond donors (Lipinski definition) is 0. The van der Waals surface area contributed by atoms with E-state index in [0.717, 1.165) is 17.2 Å². The Hall–Kier alpha value is -2.80. The van der Waals surface area contributed by atoms with Gasteiger partial charge in [-0.25, -0.2) is 18.0 Å². The number of carbonyl (C=O) groups is 1. The molecule has 2 aromatic carbocycles. The quantitative estimate of drug-likeness (QED) is 0.562. The molecule has 2 aliphatic rings. The lowest BCUT2D eigenvalue weighted by atomic mass is 9.90. The number of amides is 1. The highest BCUT2D eigenvalue weighted by Gasteiger charge is 2.38. The second-order valence-electron chi connectivity index (χ2n) is 7.27. The Morgan fingerprint density at radius 2 is 1.83 bits per heavy atom. The van der Waals surface area contributed by atoms with Gasteiger partial charge in [-0.05, 0) is 30.0 Å². The SMILES string of the molecule is O=C(OCc1ccccc1)N1C2C=C(Cc3cc(F)c(F)cc3F)CC1COC2. The van der Waals surface area contributed by atoms with E-state index >= 15 is 0 Å². The smallest absolute Gasteiger partial charge is 0.411 e. The molecule has 4 nitrogen and oxygen atoms in total. The van der Waals surface area contributed by atoms with Crippen molar-refractivity contribution in [1.82, 2.24) is 4.90 Å². The van der Waals surface area contributed by atoms with E-state index in [2.05, 4.69) is 0 Å². The van der Waals surface area contributed by atoms with E-state index < -0.39 is 23.5 Å². The first-order chi connectivity index (χ1) is 14.0. The number of rotatable bonds is 4. The van der Waals surface area contributed by atoms with Crippen molar-refractivity contribution in [3.8, 4) is 0 Å². The third kappa shape index (κ3) is 4.29. The molecule has 4 rings (SSSR count). The molecule has 2 heterocycles. The summed E-state index contributed by atoms with van der Waals surface area (Å²) >= 11 is 0. The summed E-state index contributed by atoms with van der Waals surface area (Å²) in [5.41, 5.74) is 1.85. The van der Waals surface area contributed by atoms with Gasteiger partial charge < -0.3 is 9.47 Å². The summed E-state index contributed by atoms with van der Waals surface area (Å²) in [5.74, 6) is -3.06. The van der Waals surface area contributed by atoms with Gasteiger partial charge in [-0.1, -0.05) is 42.0 Å². The van der Waals surface area contributed by atoms with Crippen molar-refractivity contribution in [2.45, 2.75) is 31.5 Å². The fourth-order valence-electron chi connectivity index (χ4n) is 3.84. The summed E-state index contributed by atoms with van der Waals surface area (Å²) in [5, 5.41) is 0. The van der Waals surface area contributed by atoms with Crippen molar-refractivity contribution in [2.24, 2.45) is 0 Å². The monoisotopic (exact) mass is 403 g/mol. The van der Waals surface area contributed by atoms with Gasteiger partial charge in [-0.3, -0.25) is 4.90 Å². The van der Waals surface area contributed by atoms with Crippen LogP contribution < -0.4 is 0 Å². The minimum absolute atomic E-state index is 0.0919. The number of fused-ring (bicyclic) bond motifs is 2. The average molecular weight is 403 g/mol. The highest BCUT2D eigenvalue weighted by atomic mass is 19.2. The van der Waals surface area contributed by atoms with E-state index in [1.165, 1.54) is 0 Å². The predicted molar refractivity (Wildman–Crippen MR) is 99.6 cm³/mol. The third-order valence-corrected chi connectivity index (χ3v) is 5.20. The van der Waals surface area contributed by atoms with Crippen LogP contribution in [0.2, 0.25) is 0 Å². The molecular weight excluding hydrogens is 383 g/mol. The van der Waals surface area contributed by atoms with Gasteiger partial charge in [-0.15, -0.1) is 0 Å². The second-order valence-corrected chi connectivity index (χ2v) is 7.27. The molecule has 152 valence electrons.